The van der Waals surface area contributed by atoms with E-state index in [9.17, 15) is 15.0 Å². The van der Waals surface area contributed by atoms with Crippen LogP contribution >= 0.6 is 0 Å². The highest BCUT2D eigenvalue weighted by atomic mass is 16.3. The summed E-state index contributed by atoms with van der Waals surface area (Å²) in [5, 5.41) is 22.8. The summed E-state index contributed by atoms with van der Waals surface area (Å²) in [6.45, 7) is 4.13. The predicted octanol–water partition coefficient (Wildman–Crippen LogP) is 11.2. The molecular formula is C41H71NO3. The summed E-state index contributed by atoms with van der Waals surface area (Å²) >= 11 is 0. The molecule has 0 fully saturated rings. The molecule has 4 nitrogen and oxygen atoms in total. The first-order valence-electron chi connectivity index (χ1n) is 18.7. The quantitative estimate of drug-likeness (QED) is 0.0514. The number of rotatable bonds is 32. The van der Waals surface area contributed by atoms with Crippen LogP contribution in [-0.4, -0.2) is 34.9 Å². The van der Waals surface area contributed by atoms with Gasteiger partial charge in [0.2, 0.25) is 5.91 Å². The van der Waals surface area contributed by atoms with Crippen LogP contribution in [0.3, 0.4) is 0 Å². The number of carbonyl (C=O) groups excluding carboxylic acids is 1. The van der Waals surface area contributed by atoms with Crippen molar-refractivity contribution in [2.45, 2.75) is 174 Å². The average molecular weight is 626 g/mol. The fraction of sp³-hybridized carbons (Fsp3) is 0.683. The van der Waals surface area contributed by atoms with Gasteiger partial charge in [-0.15, -0.1) is 0 Å². The molecule has 0 aromatic heterocycles. The lowest BCUT2D eigenvalue weighted by molar-refractivity contribution is -0.123. The molecule has 0 bridgehead atoms. The van der Waals surface area contributed by atoms with Gasteiger partial charge in [-0.3, -0.25) is 4.79 Å². The zero-order chi connectivity index (χ0) is 32.9. The van der Waals surface area contributed by atoms with Gasteiger partial charge in [0, 0.05) is 6.42 Å². The largest absolute Gasteiger partial charge is 0.394 e. The number of carbonyl (C=O) groups is 1. The van der Waals surface area contributed by atoms with Gasteiger partial charge in [0.15, 0.2) is 0 Å². The van der Waals surface area contributed by atoms with Crippen molar-refractivity contribution in [1.29, 1.82) is 0 Å². The first-order valence-corrected chi connectivity index (χ1v) is 18.7. The van der Waals surface area contributed by atoms with Gasteiger partial charge < -0.3 is 15.5 Å². The van der Waals surface area contributed by atoms with Gasteiger partial charge in [0.25, 0.3) is 0 Å². The Hall–Kier alpha value is -2.17. The predicted molar refractivity (Wildman–Crippen MR) is 197 cm³/mol. The normalized spacial score (nSPS) is 14.0. The fourth-order valence-electron chi connectivity index (χ4n) is 5.04. The molecule has 0 aromatic carbocycles. The minimum Gasteiger partial charge on any atom is -0.394 e. The summed E-state index contributed by atoms with van der Waals surface area (Å²) in [6, 6.07) is -0.650. The molecule has 0 rings (SSSR count). The van der Waals surface area contributed by atoms with E-state index in [2.05, 4.69) is 79.9 Å². The number of hydrogen-bond acceptors (Lipinski definition) is 3. The van der Waals surface area contributed by atoms with Gasteiger partial charge in [0.05, 0.1) is 18.8 Å². The maximum atomic E-state index is 12.3. The van der Waals surface area contributed by atoms with E-state index in [0.717, 1.165) is 64.2 Å². The van der Waals surface area contributed by atoms with Gasteiger partial charge in [-0.05, 0) is 77.0 Å². The highest BCUT2D eigenvalue weighted by molar-refractivity contribution is 5.76. The van der Waals surface area contributed by atoms with E-state index in [-0.39, 0.29) is 12.5 Å². The summed E-state index contributed by atoms with van der Waals surface area (Å²) < 4.78 is 0. The van der Waals surface area contributed by atoms with Crippen LogP contribution in [0.5, 0.6) is 0 Å². The SMILES string of the molecule is CC/C=C/CC/C=C/CC/C=C/C(O)C(CO)NC(=O)CCCCCCCCCC/C=C\C/C=C\C/C=C\CCCCCCC. The van der Waals surface area contributed by atoms with E-state index in [1.165, 1.54) is 77.0 Å². The summed E-state index contributed by atoms with van der Waals surface area (Å²) in [5.74, 6) is -0.0922. The van der Waals surface area contributed by atoms with E-state index >= 15 is 0 Å². The number of amides is 1. The van der Waals surface area contributed by atoms with Crippen molar-refractivity contribution in [1.82, 2.24) is 5.32 Å². The fourth-order valence-corrected chi connectivity index (χ4v) is 5.04. The monoisotopic (exact) mass is 626 g/mol. The third-order valence-corrected chi connectivity index (χ3v) is 7.90. The minimum absolute atomic E-state index is 0.0922. The van der Waals surface area contributed by atoms with E-state index in [1.54, 1.807) is 6.08 Å². The summed E-state index contributed by atoms with van der Waals surface area (Å²) in [4.78, 5) is 12.3. The van der Waals surface area contributed by atoms with Crippen molar-refractivity contribution in [3.05, 3.63) is 72.9 Å². The lowest BCUT2D eigenvalue weighted by atomic mass is 10.1. The highest BCUT2D eigenvalue weighted by Crippen LogP contribution is 2.12. The lowest BCUT2D eigenvalue weighted by Crippen LogP contribution is -2.45. The van der Waals surface area contributed by atoms with Crippen molar-refractivity contribution in [2.24, 2.45) is 0 Å². The van der Waals surface area contributed by atoms with Gasteiger partial charge >= 0.3 is 0 Å². The Morgan fingerprint density at radius 2 is 1.00 bits per heavy atom. The van der Waals surface area contributed by atoms with E-state index in [0.29, 0.717) is 6.42 Å². The van der Waals surface area contributed by atoms with Gasteiger partial charge in [0.1, 0.15) is 0 Å². The standard InChI is InChI=1S/C41H71NO3/c1-3-5-7-9-11-13-15-16-17-18-19-20-21-22-23-24-25-26-27-29-31-33-35-37-41(45)42-39(38-43)40(44)36-34-32-30-28-14-12-10-8-6-4-2/h6,8,14-16,18-19,21-22,28,34,36,39-40,43-44H,3-5,7,9-13,17,20,23-27,29-33,35,37-38H2,1-2H3,(H,42,45)/b8-6+,16-15-,19-18-,22-21-,28-14+,36-34+. The van der Waals surface area contributed by atoms with Crippen LogP contribution in [0.2, 0.25) is 0 Å². The Labute approximate surface area is 278 Å². The van der Waals surface area contributed by atoms with Crippen LogP contribution in [0.4, 0.5) is 0 Å². The Morgan fingerprint density at radius 1 is 0.556 bits per heavy atom. The molecule has 0 aliphatic heterocycles. The molecule has 4 heteroatoms. The van der Waals surface area contributed by atoms with Crippen molar-refractivity contribution >= 4 is 5.91 Å². The van der Waals surface area contributed by atoms with Crippen LogP contribution in [0.25, 0.3) is 0 Å². The number of aliphatic hydroxyl groups is 2. The van der Waals surface area contributed by atoms with Crippen LogP contribution in [0, 0.1) is 0 Å². The van der Waals surface area contributed by atoms with Crippen LogP contribution in [0.1, 0.15) is 162 Å². The number of allylic oxidation sites excluding steroid dienone is 11. The maximum absolute atomic E-state index is 12.3. The molecule has 2 unspecified atom stereocenters. The zero-order valence-corrected chi connectivity index (χ0v) is 29.4. The van der Waals surface area contributed by atoms with Gasteiger partial charge in [-0.2, -0.15) is 0 Å². The topological polar surface area (TPSA) is 69.6 Å². The molecular weight excluding hydrogens is 554 g/mol. The molecule has 0 spiro atoms. The molecule has 45 heavy (non-hydrogen) atoms. The molecule has 0 aromatic rings. The van der Waals surface area contributed by atoms with Crippen molar-refractivity contribution in [3.63, 3.8) is 0 Å². The number of nitrogens with one attached hydrogen (secondary N) is 1. The highest BCUT2D eigenvalue weighted by Gasteiger charge is 2.17. The van der Waals surface area contributed by atoms with E-state index < -0.39 is 12.1 Å². The number of hydrogen-bond donors (Lipinski definition) is 3. The van der Waals surface area contributed by atoms with E-state index in [1.807, 2.05) is 6.08 Å². The van der Waals surface area contributed by atoms with Crippen molar-refractivity contribution in [2.75, 3.05) is 6.61 Å². The molecule has 0 aliphatic carbocycles. The summed E-state index contributed by atoms with van der Waals surface area (Å²) in [7, 11) is 0. The Balaban J connectivity index is 3.66. The first kappa shape index (κ1) is 42.8. The molecule has 0 saturated carbocycles. The molecule has 2 atom stereocenters. The Kier molecular flexibility index (Phi) is 34.5. The van der Waals surface area contributed by atoms with Crippen LogP contribution < -0.4 is 5.32 Å². The average Bonchev–Trinajstić information content (AvgIpc) is 3.04. The Bertz CT molecular complexity index is 808. The third-order valence-electron chi connectivity index (χ3n) is 7.90. The van der Waals surface area contributed by atoms with E-state index in [4.69, 9.17) is 0 Å². The molecule has 3 N–H and O–H groups in total. The molecule has 0 heterocycles. The van der Waals surface area contributed by atoms with Crippen LogP contribution in [-0.2, 0) is 4.79 Å². The maximum Gasteiger partial charge on any atom is 0.220 e. The summed E-state index contributed by atoms with van der Waals surface area (Å²) in [6.07, 6.45) is 51.4. The lowest BCUT2D eigenvalue weighted by Gasteiger charge is -2.19. The van der Waals surface area contributed by atoms with Crippen LogP contribution in [0.15, 0.2) is 72.9 Å². The second kappa shape index (κ2) is 36.3. The third kappa shape index (κ3) is 33.0. The van der Waals surface area contributed by atoms with Crippen molar-refractivity contribution < 1.29 is 15.0 Å². The molecule has 0 aliphatic rings. The molecule has 0 radical (unpaired) electrons. The van der Waals surface area contributed by atoms with Crippen molar-refractivity contribution in [3.8, 4) is 0 Å². The Morgan fingerprint density at radius 3 is 1.53 bits per heavy atom. The second-order valence-corrected chi connectivity index (χ2v) is 12.2. The number of unbranched alkanes of at least 4 members (excludes halogenated alkanes) is 15. The molecule has 0 saturated heterocycles. The number of aliphatic hydroxyl groups excluding tert-OH is 2. The molecule has 1 amide bonds. The summed E-state index contributed by atoms with van der Waals surface area (Å²) in [5.41, 5.74) is 0. The zero-order valence-electron chi connectivity index (χ0n) is 29.4. The molecule has 258 valence electrons. The second-order valence-electron chi connectivity index (χ2n) is 12.2. The van der Waals surface area contributed by atoms with Gasteiger partial charge in [-0.1, -0.05) is 151 Å². The van der Waals surface area contributed by atoms with Gasteiger partial charge in [-0.25, -0.2) is 0 Å². The first-order chi connectivity index (χ1) is 22.2. The minimum atomic E-state index is -0.874. The smallest absolute Gasteiger partial charge is 0.220 e.